The first-order valence-electron chi connectivity index (χ1n) is 6.10. The molecule has 0 aliphatic heterocycles. The largest absolute Gasteiger partial charge is 0.376 e. The maximum absolute atomic E-state index is 11.6. The fourth-order valence-electron chi connectivity index (χ4n) is 1.51. The minimum Gasteiger partial charge on any atom is -0.376 e. The Hall–Kier alpha value is -2.14. The summed E-state index contributed by atoms with van der Waals surface area (Å²) in [6, 6.07) is 17.2. The Morgan fingerprint density at radius 3 is 2.50 bits per heavy atom. The van der Waals surface area contributed by atoms with Crippen molar-refractivity contribution < 1.29 is 4.79 Å². The molecule has 2 aromatic rings. The zero-order chi connectivity index (χ0) is 14.2. The van der Waals surface area contributed by atoms with Crippen LogP contribution in [0, 0.1) is 0 Å². The van der Waals surface area contributed by atoms with Gasteiger partial charge in [0.1, 0.15) is 0 Å². The average molecular weight is 332 g/mol. The third-order valence-corrected chi connectivity index (χ3v) is 3.03. The number of nitrogens with one attached hydrogen (secondary N) is 2. The van der Waals surface area contributed by atoms with Crippen LogP contribution in [-0.2, 0) is 4.79 Å². The van der Waals surface area contributed by atoms with Crippen molar-refractivity contribution in [2.24, 2.45) is 5.10 Å². The molecule has 0 saturated heterocycles. The lowest BCUT2D eigenvalue weighted by molar-refractivity contribution is -0.119. The summed E-state index contributed by atoms with van der Waals surface area (Å²) in [4.78, 5) is 11.6. The Labute approximate surface area is 126 Å². The predicted octanol–water partition coefficient (Wildman–Crippen LogP) is 3.01. The van der Waals surface area contributed by atoms with Crippen LogP contribution in [0.5, 0.6) is 0 Å². The molecule has 102 valence electrons. The lowest BCUT2D eigenvalue weighted by Crippen LogP contribution is -2.25. The van der Waals surface area contributed by atoms with E-state index in [0.29, 0.717) is 0 Å². The third kappa shape index (κ3) is 4.85. The number of carbonyl (C=O) groups is 1. The smallest absolute Gasteiger partial charge is 0.259 e. The molecule has 2 aromatic carbocycles. The summed E-state index contributed by atoms with van der Waals surface area (Å²) in [7, 11) is 0. The zero-order valence-electron chi connectivity index (χ0n) is 10.7. The van der Waals surface area contributed by atoms with Gasteiger partial charge in [-0.1, -0.05) is 46.3 Å². The highest BCUT2D eigenvalue weighted by atomic mass is 79.9. The second kappa shape index (κ2) is 7.45. The van der Waals surface area contributed by atoms with Gasteiger partial charge in [-0.15, -0.1) is 0 Å². The van der Waals surface area contributed by atoms with Gasteiger partial charge in [-0.3, -0.25) is 4.79 Å². The second-order valence-corrected chi connectivity index (χ2v) is 4.98. The van der Waals surface area contributed by atoms with Crippen LogP contribution < -0.4 is 10.7 Å². The summed E-state index contributed by atoms with van der Waals surface area (Å²) >= 11 is 3.36. The van der Waals surface area contributed by atoms with Crippen LogP contribution in [0.2, 0.25) is 0 Å². The van der Waals surface area contributed by atoms with Crippen LogP contribution in [0.25, 0.3) is 0 Å². The van der Waals surface area contributed by atoms with Crippen molar-refractivity contribution in [3.63, 3.8) is 0 Å². The molecule has 0 atom stereocenters. The molecule has 0 saturated carbocycles. The molecule has 2 rings (SSSR count). The molecule has 0 bridgehead atoms. The van der Waals surface area contributed by atoms with Gasteiger partial charge in [-0.25, -0.2) is 5.43 Å². The van der Waals surface area contributed by atoms with Gasteiger partial charge in [0.15, 0.2) is 0 Å². The molecule has 0 aliphatic carbocycles. The van der Waals surface area contributed by atoms with Crippen molar-refractivity contribution in [2.75, 3.05) is 11.9 Å². The van der Waals surface area contributed by atoms with Crippen LogP contribution in [0.3, 0.4) is 0 Å². The summed E-state index contributed by atoms with van der Waals surface area (Å²) in [6.07, 6.45) is 1.60. The molecule has 2 N–H and O–H groups in total. The molecule has 0 unspecified atom stereocenters. The van der Waals surface area contributed by atoms with Crippen molar-refractivity contribution in [3.05, 3.63) is 64.6 Å². The van der Waals surface area contributed by atoms with E-state index in [4.69, 9.17) is 0 Å². The minimum absolute atomic E-state index is 0.182. The van der Waals surface area contributed by atoms with Crippen molar-refractivity contribution in [1.82, 2.24) is 5.43 Å². The average Bonchev–Trinajstić information content (AvgIpc) is 2.48. The van der Waals surface area contributed by atoms with Crippen molar-refractivity contribution in [3.8, 4) is 0 Å². The van der Waals surface area contributed by atoms with Crippen LogP contribution in [0.15, 0.2) is 64.2 Å². The van der Waals surface area contributed by atoms with Crippen molar-refractivity contribution in [1.29, 1.82) is 0 Å². The molecule has 20 heavy (non-hydrogen) atoms. The summed E-state index contributed by atoms with van der Waals surface area (Å²) < 4.78 is 1.01. The van der Waals surface area contributed by atoms with Gasteiger partial charge in [0.05, 0.1) is 12.8 Å². The molecule has 4 nitrogen and oxygen atoms in total. The first-order valence-corrected chi connectivity index (χ1v) is 6.90. The number of para-hydroxylation sites is 1. The van der Waals surface area contributed by atoms with E-state index in [-0.39, 0.29) is 12.5 Å². The predicted molar refractivity (Wildman–Crippen MR) is 84.8 cm³/mol. The van der Waals surface area contributed by atoms with Gasteiger partial charge in [-0.2, -0.15) is 5.10 Å². The van der Waals surface area contributed by atoms with Gasteiger partial charge in [0.25, 0.3) is 5.91 Å². The molecule has 1 amide bonds. The minimum atomic E-state index is -0.192. The fraction of sp³-hybridized carbons (Fsp3) is 0.0667. The second-order valence-electron chi connectivity index (χ2n) is 4.06. The van der Waals surface area contributed by atoms with Gasteiger partial charge in [0, 0.05) is 10.2 Å². The normalized spacial score (nSPS) is 10.4. The van der Waals surface area contributed by atoms with E-state index in [1.807, 2.05) is 54.6 Å². The molecular weight excluding hydrogens is 318 g/mol. The topological polar surface area (TPSA) is 53.5 Å². The number of carbonyl (C=O) groups excluding carboxylic acids is 1. The summed E-state index contributed by atoms with van der Waals surface area (Å²) in [5, 5.41) is 6.91. The molecule has 5 heteroatoms. The summed E-state index contributed by atoms with van der Waals surface area (Å²) in [5.74, 6) is -0.192. The van der Waals surface area contributed by atoms with E-state index in [2.05, 4.69) is 31.8 Å². The maximum atomic E-state index is 11.6. The zero-order valence-corrected chi connectivity index (χ0v) is 12.3. The van der Waals surface area contributed by atoms with Gasteiger partial charge in [0.2, 0.25) is 0 Å². The van der Waals surface area contributed by atoms with Crippen LogP contribution >= 0.6 is 15.9 Å². The first-order chi connectivity index (χ1) is 9.74. The lowest BCUT2D eigenvalue weighted by Gasteiger charge is -2.04. The van der Waals surface area contributed by atoms with E-state index in [0.717, 1.165) is 15.7 Å². The Morgan fingerprint density at radius 1 is 1.10 bits per heavy atom. The van der Waals surface area contributed by atoms with E-state index in [1.54, 1.807) is 6.21 Å². The molecule has 0 aliphatic rings. The monoisotopic (exact) mass is 331 g/mol. The number of amides is 1. The molecule has 0 heterocycles. The highest BCUT2D eigenvalue weighted by Crippen LogP contribution is 2.08. The number of benzene rings is 2. The Kier molecular flexibility index (Phi) is 5.32. The van der Waals surface area contributed by atoms with Gasteiger partial charge >= 0.3 is 0 Å². The first kappa shape index (κ1) is 14.3. The van der Waals surface area contributed by atoms with E-state index >= 15 is 0 Å². The van der Waals surface area contributed by atoms with E-state index in [9.17, 15) is 4.79 Å². The number of hydrogen-bond acceptors (Lipinski definition) is 3. The number of nitrogens with zero attached hydrogens (tertiary/aromatic N) is 1. The Bertz CT molecular complexity index is 582. The highest BCUT2D eigenvalue weighted by Gasteiger charge is 1.98. The molecular formula is C15H14BrN3O. The van der Waals surface area contributed by atoms with E-state index in [1.165, 1.54) is 0 Å². The number of halogens is 1. The molecule has 0 fully saturated rings. The van der Waals surface area contributed by atoms with Crippen molar-refractivity contribution in [2.45, 2.75) is 0 Å². The quantitative estimate of drug-likeness (QED) is 0.653. The summed E-state index contributed by atoms with van der Waals surface area (Å²) in [6.45, 7) is 0.182. The van der Waals surface area contributed by atoms with Crippen LogP contribution in [0.4, 0.5) is 5.69 Å². The summed E-state index contributed by atoms with van der Waals surface area (Å²) in [5.41, 5.74) is 4.30. The Balaban J connectivity index is 1.76. The number of hydrogen-bond donors (Lipinski definition) is 2. The van der Waals surface area contributed by atoms with E-state index < -0.39 is 0 Å². The molecule has 0 spiro atoms. The highest BCUT2D eigenvalue weighted by molar-refractivity contribution is 9.10. The lowest BCUT2D eigenvalue weighted by atomic mass is 10.2. The molecule has 0 aromatic heterocycles. The Morgan fingerprint density at radius 2 is 1.80 bits per heavy atom. The molecule has 0 radical (unpaired) electrons. The standard InChI is InChI=1S/C15H14BrN3O/c16-13-8-6-12(7-9-13)10-18-19-15(20)11-17-14-4-2-1-3-5-14/h1-10,17H,11H2,(H,19,20)/b18-10+. The number of rotatable bonds is 5. The third-order valence-electron chi connectivity index (χ3n) is 2.50. The van der Waals surface area contributed by atoms with Gasteiger partial charge in [-0.05, 0) is 29.8 Å². The fourth-order valence-corrected chi connectivity index (χ4v) is 1.77. The van der Waals surface area contributed by atoms with Crippen molar-refractivity contribution >= 4 is 33.7 Å². The maximum Gasteiger partial charge on any atom is 0.259 e. The van der Waals surface area contributed by atoms with Crippen LogP contribution in [0.1, 0.15) is 5.56 Å². The number of hydrazone groups is 1. The van der Waals surface area contributed by atoms with Gasteiger partial charge < -0.3 is 5.32 Å². The number of anilines is 1. The SMILES string of the molecule is O=C(CNc1ccccc1)N/N=C/c1ccc(Br)cc1. The van der Waals surface area contributed by atoms with Crippen LogP contribution in [-0.4, -0.2) is 18.7 Å².